The van der Waals surface area contributed by atoms with E-state index in [1.165, 1.54) is 4.90 Å². The van der Waals surface area contributed by atoms with Gasteiger partial charge in [0.05, 0.1) is 47.2 Å². The third kappa shape index (κ3) is 4.71. The van der Waals surface area contributed by atoms with E-state index in [4.69, 9.17) is 9.47 Å². The summed E-state index contributed by atoms with van der Waals surface area (Å²) >= 11 is 0. The first-order valence-corrected chi connectivity index (χ1v) is 15.6. The molecule has 1 aromatic heterocycles. The van der Waals surface area contributed by atoms with Gasteiger partial charge in [0, 0.05) is 14.7 Å². The van der Waals surface area contributed by atoms with Crippen LogP contribution >= 0.6 is 0 Å². The van der Waals surface area contributed by atoms with E-state index in [1.807, 2.05) is 22.8 Å². The molecular weight excluding hydrogens is 446 g/mol. The van der Waals surface area contributed by atoms with Crippen molar-refractivity contribution in [1.29, 1.82) is 0 Å². The van der Waals surface area contributed by atoms with Crippen LogP contribution in [0.4, 0.5) is 0 Å². The Morgan fingerprint density at radius 1 is 1.06 bits per heavy atom. The Labute approximate surface area is 200 Å². The van der Waals surface area contributed by atoms with Gasteiger partial charge >= 0.3 is 0 Å². The van der Waals surface area contributed by atoms with E-state index in [0.29, 0.717) is 17.9 Å². The maximum atomic E-state index is 13.2. The second-order valence-corrected chi connectivity index (χ2v) is 16.0. The molecule has 0 unspecified atom stereocenters. The molecule has 2 aliphatic rings. The van der Waals surface area contributed by atoms with Crippen molar-refractivity contribution in [2.45, 2.75) is 57.4 Å². The lowest BCUT2D eigenvalue weighted by Gasteiger charge is -2.26. The number of benzene rings is 2. The van der Waals surface area contributed by atoms with Crippen LogP contribution in [-0.4, -0.2) is 53.7 Å². The number of imide groups is 1. The Morgan fingerprint density at radius 2 is 1.76 bits per heavy atom. The molecule has 2 aromatic carbocycles. The van der Waals surface area contributed by atoms with Gasteiger partial charge in [0.25, 0.3) is 11.8 Å². The van der Waals surface area contributed by atoms with E-state index in [1.54, 1.807) is 30.6 Å². The van der Waals surface area contributed by atoms with E-state index >= 15 is 0 Å². The monoisotopic (exact) mass is 477 g/mol. The summed E-state index contributed by atoms with van der Waals surface area (Å²) in [6, 6.07) is 13.5. The smallest absolute Gasteiger partial charge is 0.262 e. The first-order chi connectivity index (χ1) is 16.3. The normalized spacial score (nSPS) is 17.0. The van der Waals surface area contributed by atoms with Crippen LogP contribution in [0, 0.1) is 0 Å². The molecule has 2 heterocycles. The number of fused-ring (bicyclic) bond motifs is 2. The minimum Gasteiger partial charge on any atom is -0.376 e. The molecule has 2 amide bonds. The van der Waals surface area contributed by atoms with Gasteiger partial charge in [-0.1, -0.05) is 37.8 Å². The molecule has 0 radical (unpaired) electrons. The summed E-state index contributed by atoms with van der Waals surface area (Å²) in [6.45, 7) is 8.48. The number of hydrogen-bond donors (Lipinski definition) is 0. The topological polar surface area (TPSA) is 73.7 Å². The van der Waals surface area contributed by atoms with E-state index in [0.717, 1.165) is 42.1 Å². The molecule has 0 saturated heterocycles. The number of carbonyl (C=O) groups excluding carboxylic acids is 2. The number of rotatable bonds is 10. The first-order valence-electron chi connectivity index (χ1n) is 11.9. The summed E-state index contributed by atoms with van der Waals surface area (Å²) in [7, 11) is -1.13. The number of nitrogens with zero attached hydrogens (tertiary/aromatic N) is 3. The predicted octanol–water partition coefficient (Wildman–Crippen LogP) is 4.86. The lowest BCUT2D eigenvalue weighted by molar-refractivity contribution is 0.0356. The van der Waals surface area contributed by atoms with E-state index in [2.05, 4.69) is 24.6 Å². The van der Waals surface area contributed by atoms with Crippen molar-refractivity contribution >= 4 is 30.9 Å². The summed E-state index contributed by atoms with van der Waals surface area (Å²) in [5.41, 5.74) is 3.50. The van der Waals surface area contributed by atoms with Gasteiger partial charge in [-0.3, -0.25) is 14.5 Å². The average Bonchev–Trinajstić information content (AvgIpc) is 3.50. The van der Waals surface area contributed by atoms with Gasteiger partial charge in [0.1, 0.15) is 6.73 Å². The summed E-state index contributed by atoms with van der Waals surface area (Å²) in [5.74, 6) is -0.544. The number of hydrogen-bond acceptors (Lipinski definition) is 5. The van der Waals surface area contributed by atoms with Crippen molar-refractivity contribution in [3.8, 4) is 0 Å². The second kappa shape index (κ2) is 9.09. The molecule has 8 heteroatoms. The predicted molar refractivity (Wildman–Crippen MR) is 132 cm³/mol. The van der Waals surface area contributed by atoms with Crippen molar-refractivity contribution in [1.82, 2.24) is 14.5 Å². The first kappa shape index (κ1) is 23.0. The van der Waals surface area contributed by atoms with E-state index in [9.17, 15) is 9.59 Å². The second-order valence-electron chi connectivity index (χ2n) is 10.4. The number of imidazole rings is 1. The molecule has 34 heavy (non-hydrogen) atoms. The Balaban J connectivity index is 1.38. The highest BCUT2D eigenvalue weighted by Crippen LogP contribution is 2.34. The van der Waals surface area contributed by atoms with Crippen LogP contribution in [0.5, 0.6) is 0 Å². The molecule has 0 spiro atoms. The largest absolute Gasteiger partial charge is 0.376 e. The van der Waals surface area contributed by atoms with Crippen molar-refractivity contribution in [2.75, 3.05) is 13.2 Å². The van der Waals surface area contributed by atoms with Crippen LogP contribution in [0.15, 0.2) is 48.8 Å². The molecule has 0 bridgehead atoms. The van der Waals surface area contributed by atoms with Gasteiger partial charge in [-0.15, -0.1) is 0 Å². The van der Waals surface area contributed by atoms with Gasteiger partial charge < -0.3 is 14.0 Å². The Kier molecular flexibility index (Phi) is 6.14. The fourth-order valence-corrected chi connectivity index (χ4v) is 4.96. The quantitative estimate of drug-likeness (QED) is 0.237. The minimum atomic E-state index is -1.13. The number of ether oxygens (including phenoxy) is 2. The maximum Gasteiger partial charge on any atom is 0.262 e. The van der Waals surface area contributed by atoms with Crippen LogP contribution in [-0.2, 0) is 16.2 Å². The molecule has 3 aromatic rings. The van der Waals surface area contributed by atoms with Crippen molar-refractivity contribution < 1.29 is 19.1 Å². The third-order valence-corrected chi connectivity index (χ3v) is 8.11. The summed E-state index contributed by atoms with van der Waals surface area (Å²) in [6.07, 6.45) is 4.04. The highest BCUT2D eigenvalue weighted by molar-refractivity contribution is 6.76. The van der Waals surface area contributed by atoms with Crippen molar-refractivity contribution in [3.05, 3.63) is 65.5 Å². The molecule has 1 saturated carbocycles. The third-order valence-electron chi connectivity index (χ3n) is 6.41. The zero-order valence-corrected chi connectivity index (χ0v) is 21.0. The fraction of sp³-hybridized carbons (Fsp3) is 0.423. The highest BCUT2D eigenvalue weighted by atomic mass is 28.3. The SMILES string of the molecule is C[Si](C)(C)CCOCn1cnc2cc([C@@H](COC3CC3)N3C(=O)c4ccccc4C3=O)ccc21. The van der Waals surface area contributed by atoms with Gasteiger partial charge in [0.15, 0.2) is 0 Å². The van der Waals surface area contributed by atoms with Gasteiger partial charge in [-0.25, -0.2) is 4.98 Å². The summed E-state index contributed by atoms with van der Waals surface area (Å²) in [5, 5.41) is 0. The Morgan fingerprint density at radius 3 is 2.41 bits per heavy atom. The molecule has 5 rings (SSSR count). The molecule has 178 valence electrons. The number of carbonyl (C=O) groups is 2. The molecular formula is C26H31N3O4Si. The minimum absolute atomic E-state index is 0.217. The maximum absolute atomic E-state index is 13.2. The van der Waals surface area contributed by atoms with Crippen LogP contribution in [0.2, 0.25) is 25.7 Å². The van der Waals surface area contributed by atoms with Crippen molar-refractivity contribution in [2.24, 2.45) is 0 Å². The lowest BCUT2D eigenvalue weighted by Crippen LogP contribution is -2.36. The molecule has 1 fully saturated rings. The molecule has 1 aliphatic carbocycles. The lowest BCUT2D eigenvalue weighted by atomic mass is 10.0. The van der Waals surface area contributed by atoms with Crippen molar-refractivity contribution in [3.63, 3.8) is 0 Å². The van der Waals surface area contributed by atoms with E-state index < -0.39 is 14.1 Å². The zero-order valence-electron chi connectivity index (χ0n) is 20.0. The number of amides is 2. The van der Waals surface area contributed by atoms with Gasteiger partial charge in [-0.05, 0) is 48.7 Å². The van der Waals surface area contributed by atoms with Gasteiger partial charge in [-0.2, -0.15) is 0 Å². The Bertz CT molecular complexity index is 1190. The zero-order chi connectivity index (χ0) is 23.9. The van der Waals surface area contributed by atoms with E-state index in [-0.39, 0.29) is 24.5 Å². The summed E-state index contributed by atoms with van der Waals surface area (Å²) < 4.78 is 13.9. The highest BCUT2D eigenvalue weighted by Gasteiger charge is 2.41. The molecule has 1 aliphatic heterocycles. The van der Waals surface area contributed by atoms with Crippen LogP contribution < -0.4 is 0 Å². The standard InChI is InChI=1S/C26H31N3O4Si/c1-34(2,3)13-12-32-17-28-16-27-22-14-18(8-11-23(22)28)24(15-33-19-9-10-19)29-25(30)20-6-4-5-7-21(20)26(29)31/h4-8,11,14,16,19,24H,9-10,12-13,15,17H2,1-3H3/t24-/m1/s1. The molecule has 0 N–H and O–H groups in total. The van der Waals surface area contributed by atoms with Gasteiger partial charge in [0.2, 0.25) is 0 Å². The average molecular weight is 478 g/mol. The Hall–Kier alpha value is -2.81. The van der Waals surface area contributed by atoms with Crippen LogP contribution in [0.25, 0.3) is 11.0 Å². The van der Waals surface area contributed by atoms with Crippen LogP contribution in [0.3, 0.4) is 0 Å². The summed E-state index contributed by atoms with van der Waals surface area (Å²) in [4.78, 5) is 32.3. The molecule has 7 nitrogen and oxygen atoms in total. The molecule has 1 atom stereocenters. The fourth-order valence-electron chi connectivity index (χ4n) is 4.20. The number of aromatic nitrogens is 2. The van der Waals surface area contributed by atoms with Crippen LogP contribution in [0.1, 0.15) is 45.2 Å².